The molecule has 23 heavy (non-hydrogen) atoms. The molecule has 1 unspecified atom stereocenters. The summed E-state index contributed by atoms with van der Waals surface area (Å²) in [6.07, 6.45) is 6.48. The Bertz CT molecular complexity index is 754. The molecule has 0 fully saturated rings. The number of rotatable bonds is 5. The summed E-state index contributed by atoms with van der Waals surface area (Å²) in [5.74, 6) is 0. The standard InChI is InChI=1S/C18H23N5/c1-12-16(22-9-8-21-12)6-7-20-13(2)18-14(3)23-10-4-5-17(23)15(18)11-19/h8-9,13,20H,4-7,10H2,1-3H3. The van der Waals surface area contributed by atoms with Crippen LogP contribution in [-0.2, 0) is 19.4 Å². The molecule has 1 aliphatic heterocycles. The molecule has 120 valence electrons. The summed E-state index contributed by atoms with van der Waals surface area (Å²) in [5.41, 5.74) is 6.53. The lowest BCUT2D eigenvalue weighted by Crippen LogP contribution is -2.23. The summed E-state index contributed by atoms with van der Waals surface area (Å²) in [5, 5.41) is 13.1. The molecular weight excluding hydrogens is 286 g/mol. The molecule has 2 aromatic rings. The summed E-state index contributed by atoms with van der Waals surface area (Å²) in [6.45, 7) is 8.13. The van der Waals surface area contributed by atoms with E-state index in [1.54, 1.807) is 12.4 Å². The number of hydrogen-bond donors (Lipinski definition) is 1. The monoisotopic (exact) mass is 309 g/mol. The fourth-order valence-corrected chi connectivity index (χ4v) is 3.63. The third kappa shape index (κ3) is 2.87. The molecule has 0 aromatic carbocycles. The van der Waals surface area contributed by atoms with Gasteiger partial charge in [0, 0.05) is 54.9 Å². The van der Waals surface area contributed by atoms with Crippen molar-refractivity contribution < 1.29 is 0 Å². The molecule has 0 amide bonds. The van der Waals surface area contributed by atoms with Gasteiger partial charge in [0.15, 0.2) is 0 Å². The zero-order chi connectivity index (χ0) is 16.4. The maximum atomic E-state index is 9.58. The van der Waals surface area contributed by atoms with E-state index in [1.807, 2.05) is 6.92 Å². The smallest absolute Gasteiger partial charge is 0.101 e. The highest BCUT2D eigenvalue weighted by molar-refractivity contribution is 5.49. The van der Waals surface area contributed by atoms with E-state index in [4.69, 9.17) is 0 Å². The molecule has 3 rings (SSSR count). The van der Waals surface area contributed by atoms with E-state index in [9.17, 15) is 5.26 Å². The van der Waals surface area contributed by atoms with Gasteiger partial charge >= 0.3 is 0 Å². The summed E-state index contributed by atoms with van der Waals surface area (Å²) in [7, 11) is 0. The van der Waals surface area contributed by atoms with E-state index in [0.717, 1.165) is 54.9 Å². The fraction of sp³-hybridized carbons (Fsp3) is 0.500. The van der Waals surface area contributed by atoms with Gasteiger partial charge in [0.2, 0.25) is 0 Å². The summed E-state index contributed by atoms with van der Waals surface area (Å²) in [4.78, 5) is 8.65. The Labute approximate surface area is 137 Å². The Balaban J connectivity index is 1.71. The minimum atomic E-state index is 0.166. The topological polar surface area (TPSA) is 66.5 Å². The van der Waals surface area contributed by atoms with Crippen molar-refractivity contribution in [2.45, 2.75) is 52.6 Å². The summed E-state index contributed by atoms with van der Waals surface area (Å²) < 4.78 is 2.32. The molecule has 0 radical (unpaired) electrons. The minimum absolute atomic E-state index is 0.166. The predicted octanol–water partition coefficient (Wildman–Crippen LogP) is 2.61. The van der Waals surface area contributed by atoms with Gasteiger partial charge in [0.25, 0.3) is 0 Å². The molecule has 2 aromatic heterocycles. The third-order valence-electron chi connectivity index (χ3n) is 4.81. The van der Waals surface area contributed by atoms with E-state index in [-0.39, 0.29) is 6.04 Å². The second-order valence-corrected chi connectivity index (χ2v) is 6.20. The highest BCUT2D eigenvalue weighted by Gasteiger charge is 2.26. The van der Waals surface area contributed by atoms with Crippen LogP contribution in [-0.4, -0.2) is 21.1 Å². The number of nitriles is 1. The highest BCUT2D eigenvalue weighted by Crippen LogP contribution is 2.32. The van der Waals surface area contributed by atoms with Crippen LogP contribution in [0.25, 0.3) is 0 Å². The van der Waals surface area contributed by atoms with Gasteiger partial charge in [-0.2, -0.15) is 5.26 Å². The van der Waals surface area contributed by atoms with E-state index < -0.39 is 0 Å². The van der Waals surface area contributed by atoms with Crippen molar-refractivity contribution in [3.05, 3.63) is 46.3 Å². The number of nitrogens with zero attached hydrogens (tertiary/aromatic N) is 4. The Morgan fingerprint density at radius 3 is 2.87 bits per heavy atom. The molecule has 0 aliphatic carbocycles. The lowest BCUT2D eigenvalue weighted by atomic mass is 10.0. The van der Waals surface area contributed by atoms with Gasteiger partial charge in [0.05, 0.1) is 17.0 Å². The molecule has 1 N–H and O–H groups in total. The average Bonchev–Trinajstić information content (AvgIpc) is 3.11. The van der Waals surface area contributed by atoms with Crippen molar-refractivity contribution in [3.8, 4) is 6.07 Å². The molecule has 1 aliphatic rings. The zero-order valence-corrected chi connectivity index (χ0v) is 14.1. The number of aromatic nitrogens is 3. The molecule has 0 spiro atoms. The number of aryl methyl sites for hydroxylation is 1. The van der Waals surface area contributed by atoms with E-state index in [2.05, 4.69) is 39.8 Å². The van der Waals surface area contributed by atoms with Gasteiger partial charge in [-0.25, -0.2) is 0 Å². The second kappa shape index (κ2) is 6.51. The quantitative estimate of drug-likeness (QED) is 0.922. The normalized spacial score (nSPS) is 14.5. The number of hydrogen-bond acceptors (Lipinski definition) is 4. The van der Waals surface area contributed by atoms with Crippen LogP contribution in [0.15, 0.2) is 12.4 Å². The second-order valence-electron chi connectivity index (χ2n) is 6.20. The lowest BCUT2D eigenvalue weighted by Gasteiger charge is -2.16. The summed E-state index contributed by atoms with van der Waals surface area (Å²) in [6, 6.07) is 2.60. The van der Waals surface area contributed by atoms with Gasteiger partial charge in [0.1, 0.15) is 6.07 Å². The van der Waals surface area contributed by atoms with Crippen molar-refractivity contribution in [1.82, 2.24) is 19.9 Å². The van der Waals surface area contributed by atoms with Crippen LogP contribution in [0.4, 0.5) is 0 Å². The Hall–Kier alpha value is -2.19. The van der Waals surface area contributed by atoms with Crippen LogP contribution in [0.1, 0.15) is 53.3 Å². The van der Waals surface area contributed by atoms with E-state index in [0.29, 0.717) is 0 Å². The van der Waals surface area contributed by atoms with Gasteiger partial charge < -0.3 is 9.88 Å². The van der Waals surface area contributed by atoms with Crippen molar-refractivity contribution in [2.75, 3.05) is 6.54 Å². The van der Waals surface area contributed by atoms with Crippen LogP contribution < -0.4 is 5.32 Å². The maximum Gasteiger partial charge on any atom is 0.101 e. The molecule has 0 saturated heterocycles. The first kappa shape index (κ1) is 15.7. The first-order chi connectivity index (χ1) is 11.1. The molecule has 5 heteroatoms. The largest absolute Gasteiger partial charge is 0.347 e. The minimum Gasteiger partial charge on any atom is -0.347 e. The molecule has 0 bridgehead atoms. The van der Waals surface area contributed by atoms with Crippen molar-refractivity contribution in [3.63, 3.8) is 0 Å². The van der Waals surface area contributed by atoms with E-state index in [1.165, 1.54) is 11.4 Å². The average molecular weight is 309 g/mol. The first-order valence-corrected chi connectivity index (χ1v) is 8.25. The van der Waals surface area contributed by atoms with E-state index >= 15 is 0 Å². The van der Waals surface area contributed by atoms with Crippen LogP contribution in [0.3, 0.4) is 0 Å². The number of fused-ring (bicyclic) bond motifs is 1. The van der Waals surface area contributed by atoms with Gasteiger partial charge in [-0.1, -0.05) is 0 Å². The molecular formula is C18H23N5. The predicted molar refractivity (Wildman–Crippen MR) is 89.1 cm³/mol. The fourth-order valence-electron chi connectivity index (χ4n) is 3.63. The molecule has 1 atom stereocenters. The Kier molecular flexibility index (Phi) is 4.44. The Morgan fingerprint density at radius 1 is 1.35 bits per heavy atom. The van der Waals surface area contributed by atoms with Gasteiger partial charge in [-0.3, -0.25) is 9.97 Å². The van der Waals surface area contributed by atoms with Crippen LogP contribution in [0.5, 0.6) is 0 Å². The number of nitrogens with one attached hydrogen (secondary N) is 1. The van der Waals surface area contributed by atoms with Crippen molar-refractivity contribution in [1.29, 1.82) is 5.26 Å². The van der Waals surface area contributed by atoms with Crippen LogP contribution in [0, 0.1) is 25.2 Å². The van der Waals surface area contributed by atoms with Gasteiger partial charge in [-0.15, -0.1) is 0 Å². The molecule has 3 heterocycles. The summed E-state index contributed by atoms with van der Waals surface area (Å²) >= 11 is 0. The van der Waals surface area contributed by atoms with Crippen LogP contribution >= 0.6 is 0 Å². The lowest BCUT2D eigenvalue weighted by molar-refractivity contribution is 0.565. The van der Waals surface area contributed by atoms with Crippen molar-refractivity contribution >= 4 is 0 Å². The third-order valence-corrected chi connectivity index (χ3v) is 4.81. The molecule has 5 nitrogen and oxygen atoms in total. The molecule has 0 saturated carbocycles. The zero-order valence-electron chi connectivity index (χ0n) is 14.1. The van der Waals surface area contributed by atoms with Crippen molar-refractivity contribution in [2.24, 2.45) is 0 Å². The Morgan fingerprint density at radius 2 is 2.13 bits per heavy atom. The maximum absolute atomic E-state index is 9.58. The SMILES string of the molecule is Cc1nccnc1CCNC(C)c1c(C#N)c2n(c1C)CCC2. The van der Waals surface area contributed by atoms with Crippen LogP contribution in [0.2, 0.25) is 0 Å². The highest BCUT2D eigenvalue weighted by atomic mass is 15.0. The first-order valence-electron chi connectivity index (χ1n) is 8.25. The van der Waals surface area contributed by atoms with Gasteiger partial charge in [-0.05, 0) is 33.6 Å².